The molecule has 5 rings (SSSR count). The van der Waals surface area contributed by atoms with Crippen LogP contribution in [-0.4, -0.2) is 75.3 Å². The number of nitrogens with zero attached hydrogens (tertiary/aromatic N) is 5. The predicted octanol–water partition coefficient (Wildman–Crippen LogP) is 1.76. The lowest BCUT2D eigenvalue weighted by atomic mass is 9.89. The lowest BCUT2D eigenvalue weighted by molar-refractivity contribution is 0.0660. The second-order valence-corrected chi connectivity index (χ2v) is 7.67. The number of amides is 1. The van der Waals surface area contributed by atoms with Gasteiger partial charge in [0.15, 0.2) is 5.69 Å². The molecule has 2 atom stereocenters. The van der Waals surface area contributed by atoms with Crippen molar-refractivity contribution < 1.29 is 14.3 Å². The van der Waals surface area contributed by atoms with Crippen LogP contribution in [0.3, 0.4) is 0 Å². The second-order valence-electron chi connectivity index (χ2n) is 7.67. The molecule has 3 aromatic heterocycles. The summed E-state index contributed by atoms with van der Waals surface area (Å²) in [6, 6.07) is 4.02. The minimum atomic E-state index is -0.0685. The van der Waals surface area contributed by atoms with Crippen LogP contribution in [0, 0.1) is 0 Å². The third kappa shape index (κ3) is 3.30. The maximum atomic E-state index is 12.9. The molecule has 0 spiro atoms. The maximum absolute atomic E-state index is 12.9. The first-order valence-electron chi connectivity index (χ1n) is 9.98. The molecule has 1 N–H and O–H groups in total. The molecule has 9 heteroatoms. The van der Waals surface area contributed by atoms with Crippen molar-refractivity contribution in [3.05, 3.63) is 42.0 Å². The molecule has 2 fully saturated rings. The van der Waals surface area contributed by atoms with Crippen LogP contribution in [0.4, 0.5) is 0 Å². The van der Waals surface area contributed by atoms with Gasteiger partial charge in [0.2, 0.25) is 0 Å². The van der Waals surface area contributed by atoms with Crippen LogP contribution in [0.2, 0.25) is 0 Å². The van der Waals surface area contributed by atoms with Gasteiger partial charge in [-0.1, -0.05) is 5.21 Å². The predicted molar refractivity (Wildman–Crippen MR) is 105 cm³/mol. The highest BCUT2D eigenvalue weighted by Crippen LogP contribution is 2.33. The number of aromatic nitrogens is 5. The van der Waals surface area contributed by atoms with Crippen LogP contribution in [0.15, 0.2) is 30.7 Å². The fourth-order valence-corrected chi connectivity index (χ4v) is 4.40. The standard InChI is InChI=1S/C20H24N6O3/c1-28-18-12-29-11-17(18)26-10-16(23-24-26)20(27)25-7-4-13(5-8-25)15-9-22-19-14(15)3-2-6-21-19/h2-3,6,9-10,13,17-18H,4-5,7-8,11-12H2,1H3,(H,21,22)/t17-,18-/m1/s1. The molecule has 29 heavy (non-hydrogen) atoms. The van der Waals surface area contributed by atoms with E-state index >= 15 is 0 Å². The van der Waals surface area contributed by atoms with Crippen molar-refractivity contribution in [1.29, 1.82) is 0 Å². The van der Waals surface area contributed by atoms with Crippen LogP contribution >= 0.6 is 0 Å². The summed E-state index contributed by atoms with van der Waals surface area (Å²) in [7, 11) is 1.66. The molecule has 2 aliphatic heterocycles. The van der Waals surface area contributed by atoms with Crippen molar-refractivity contribution in [3.63, 3.8) is 0 Å². The number of hydrogen-bond donors (Lipinski definition) is 1. The number of H-pyrrole nitrogens is 1. The molecule has 3 aromatic rings. The SMILES string of the molecule is CO[C@@H]1COC[C@H]1n1cc(C(=O)N2CCC(c3c[nH]c4ncccc34)CC2)nn1. The van der Waals surface area contributed by atoms with Crippen molar-refractivity contribution in [2.45, 2.75) is 30.9 Å². The van der Waals surface area contributed by atoms with E-state index in [1.807, 2.05) is 11.0 Å². The Kier molecular flexibility index (Phi) is 4.76. The zero-order valence-electron chi connectivity index (χ0n) is 16.3. The van der Waals surface area contributed by atoms with Crippen molar-refractivity contribution in [1.82, 2.24) is 29.9 Å². The number of nitrogens with one attached hydrogen (secondary N) is 1. The number of likely N-dealkylation sites (tertiary alicyclic amines) is 1. The molecule has 2 aliphatic rings. The van der Waals surface area contributed by atoms with E-state index in [0.717, 1.165) is 18.5 Å². The Morgan fingerprint density at radius 2 is 2.17 bits per heavy atom. The van der Waals surface area contributed by atoms with Gasteiger partial charge in [-0.2, -0.15) is 0 Å². The van der Waals surface area contributed by atoms with Crippen LogP contribution in [-0.2, 0) is 9.47 Å². The number of piperidine rings is 1. The fraction of sp³-hybridized carbons (Fsp3) is 0.500. The molecule has 0 unspecified atom stereocenters. The van der Waals surface area contributed by atoms with Gasteiger partial charge in [0.25, 0.3) is 5.91 Å². The Labute approximate surface area is 168 Å². The number of hydrogen-bond acceptors (Lipinski definition) is 6. The smallest absolute Gasteiger partial charge is 0.276 e. The molecule has 0 aliphatic carbocycles. The van der Waals surface area contributed by atoms with E-state index < -0.39 is 0 Å². The lowest BCUT2D eigenvalue weighted by Crippen LogP contribution is -2.38. The topological polar surface area (TPSA) is 98.2 Å². The maximum Gasteiger partial charge on any atom is 0.276 e. The molecule has 0 saturated carbocycles. The second kappa shape index (κ2) is 7.57. The Hall–Kier alpha value is -2.78. The summed E-state index contributed by atoms with van der Waals surface area (Å²) in [4.78, 5) is 22.4. The van der Waals surface area contributed by atoms with Crippen LogP contribution in [0.5, 0.6) is 0 Å². The van der Waals surface area contributed by atoms with E-state index in [4.69, 9.17) is 9.47 Å². The van der Waals surface area contributed by atoms with Crippen LogP contribution < -0.4 is 0 Å². The number of carbonyl (C=O) groups excluding carboxylic acids is 1. The summed E-state index contributed by atoms with van der Waals surface area (Å²) in [6.07, 6.45) is 7.34. The van der Waals surface area contributed by atoms with Crippen LogP contribution in [0.1, 0.15) is 40.9 Å². The summed E-state index contributed by atoms with van der Waals surface area (Å²) in [5.41, 5.74) is 2.59. The summed E-state index contributed by atoms with van der Waals surface area (Å²) in [5, 5.41) is 9.43. The molecular weight excluding hydrogens is 372 g/mol. The normalized spacial score (nSPS) is 23.1. The number of pyridine rings is 1. The summed E-state index contributed by atoms with van der Waals surface area (Å²) in [5.74, 6) is 0.356. The highest BCUT2D eigenvalue weighted by molar-refractivity contribution is 5.92. The Morgan fingerprint density at radius 3 is 3.00 bits per heavy atom. The number of carbonyl (C=O) groups is 1. The van der Waals surface area contributed by atoms with E-state index in [1.165, 1.54) is 10.9 Å². The third-order valence-electron chi connectivity index (χ3n) is 6.08. The number of fused-ring (bicyclic) bond motifs is 1. The zero-order valence-corrected chi connectivity index (χ0v) is 16.3. The van der Waals surface area contributed by atoms with Gasteiger partial charge in [-0.05, 0) is 36.5 Å². The van der Waals surface area contributed by atoms with Gasteiger partial charge in [0, 0.05) is 38.0 Å². The van der Waals surface area contributed by atoms with E-state index in [2.05, 4.69) is 32.5 Å². The number of ether oxygens (including phenoxy) is 2. The molecule has 0 radical (unpaired) electrons. The fourth-order valence-electron chi connectivity index (χ4n) is 4.40. The molecule has 5 heterocycles. The van der Waals surface area contributed by atoms with Gasteiger partial charge >= 0.3 is 0 Å². The van der Waals surface area contributed by atoms with E-state index in [9.17, 15) is 4.79 Å². The van der Waals surface area contributed by atoms with Gasteiger partial charge in [0.05, 0.1) is 19.4 Å². The Balaban J connectivity index is 1.25. The first-order valence-corrected chi connectivity index (χ1v) is 9.98. The van der Waals surface area contributed by atoms with Crippen molar-refractivity contribution in [2.75, 3.05) is 33.4 Å². The average molecular weight is 396 g/mol. The molecule has 9 nitrogen and oxygen atoms in total. The molecule has 152 valence electrons. The number of methoxy groups -OCH3 is 1. The first kappa shape index (κ1) is 18.3. The van der Waals surface area contributed by atoms with Crippen molar-refractivity contribution >= 4 is 16.9 Å². The highest BCUT2D eigenvalue weighted by Gasteiger charge is 2.32. The minimum Gasteiger partial charge on any atom is -0.377 e. The van der Waals surface area contributed by atoms with E-state index in [0.29, 0.717) is 37.9 Å². The number of aromatic amines is 1. The van der Waals surface area contributed by atoms with Crippen molar-refractivity contribution in [2.24, 2.45) is 0 Å². The van der Waals surface area contributed by atoms with Gasteiger partial charge in [-0.3, -0.25) is 4.79 Å². The zero-order chi connectivity index (χ0) is 19.8. The number of rotatable bonds is 4. The summed E-state index contributed by atoms with van der Waals surface area (Å²) < 4.78 is 12.6. The average Bonchev–Trinajstić information content (AvgIpc) is 3.52. The Morgan fingerprint density at radius 1 is 1.31 bits per heavy atom. The van der Waals surface area contributed by atoms with Crippen molar-refractivity contribution in [3.8, 4) is 0 Å². The molecule has 1 amide bonds. The third-order valence-corrected chi connectivity index (χ3v) is 6.08. The molecule has 0 bridgehead atoms. The first-order chi connectivity index (χ1) is 14.2. The summed E-state index contributed by atoms with van der Waals surface area (Å²) in [6.45, 7) is 2.45. The van der Waals surface area contributed by atoms with Gasteiger partial charge in [-0.15, -0.1) is 5.10 Å². The van der Waals surface area contributed by atoms with E-state index in [-0.39, 0.29) is 18.1 Å². The Bertz CT molecular complexity index is 1010. The molecule has 0 aromatic carbocycles. The van der Waals surface area contributed by atoms with Gasteiger partial charge in [-0.25, -0.2) is 9.67 Å². The van der Waals surface area contributed by atoms with E-state index in [1.54, 1.807) is 24.2 Å². The monoisotopic (exact) mass is 396 g/mol. The highest BCUT2D eigenvalue weighted by atomic mass is 16.5. The van der Waals surface area contributed by atoms with Gasteiger partial charge < -0.3 is 19.4 Å². The largest absolute Gasteiger partial charge is 0.377 e. The molecular formula is C20H24N6O3. The summed E-state index contributed by atoms with van der Waals surface area (Å²) >= 11 is 0. The lowest BCUT2D eigenvalue weighted by Gasteiger charge is -2.31. The minimum absolute atomic E-state index is 0.0460. The van der Waals surface area contributed by atoms with Crippen LogP contribution in [0.25, 0.3) is 11.0 Å². The molecule has 2 saturated heterocycles. The van der Waals surface area contributed by atoms with Gasteiger partial charge in [0.1, 0.15) is 17.8 Å². The quantitative estimate of drug-likeness (QED) is 0.722.